The molecule has 0 bridgehead atoms. The number of hydrogen-bond donors (Lipinski definition) is 2. The lowest BCUT2D eigenvalue weighted by Crippen LogP contribution is -2.29. The number of ether oxygens (including phenoxy) is 1. The molecule has 0 saturated heterocycles. The Hall–Kier alpha value is -1.11. The highest BCUT2D eigenvalue weighted by Gasteiger charge is 2.20. The molecular weight excluding hydrogens is 325 g/mol. The first-order chi connectivity index (χ1) is 9.95. The predicted octanol–water partition coefficient (Wildman–Crippen LogP) is 3.53. The van der Waals surface area contributed by atoms with Gasteiger partial charge in [-0.05, 0) is 37.4 Å². The van der Waals surface area contributed by atoms with E-state index in [1.807, 2.05) is 0 Å². The van der Waals surface area contributed by atoms with Crippen LogP contribution in [0.4, 0.5) is 14.5 Å². The molecule has 1 saturated carbocycles. The molecule has 1 aliphatic rings. The van der Waals surface area contributed by atoms with Gasteiger partial charge >= 0.3 is 6.61 Å². The van der Waals surface area contributed by atoms with Gasteiger partial charge in [-0.1, -0.05) is 23.2 Å². The van der Waals surface area contributed by atoms with Crippen molar-refractivity contribution in [3.05, 3.63) is 22.2 Å². The second-order valence-corrected chi connectivity index (χ2v) is 5.58. The molecule has 0 atom stereocenters. The zero-order chi connectivity index (χ0) is 15.4. The third kappa shape index (κ3) is 5.30. The highest BCUT2D eigenvalue weighted by atomic mass is 35.5. The molecular formula is C13H14Cl2F2N2O2. The third-order valence-corrected chi connectivity index (χ3v) is 3.47. The zero-order valence-electron chi connectivity index (χ0n) is 11.0. The highest BCUT2D eigenvalue weighted by Crippen LogP contribution is 2.36. The number of rotatable bonds is 7. The molecule has 116 valence electrons. The molecule has 1 amide bonds. The number of carbonyl (C=O) groups is 1. The molecule has 8 heteroatoms. The molecule has 2 N–H and O–H groups in total. The van der Waals surface area contributed by atoms with E-state index >= 15 is 0 Å². The Morgan fingerprint density at radius 3 is 2.48 bits per heavy atom. The Kier molecular flexibility index (Phi) is 5.61. The van der Waals surface area contributed by atoms with E-state index in [4.69, 9.17) is 23.2 Å². The van der Waals surface area contributed by atoms with E-state index in [2.05, 4.69) is 15.4 Å². The van der Waals surface area contributed by atoms with Crippen molar-refractivity contribution >= 4 is 34.8 Å². The Balaban J connectivity index is 1.91. The number of alkyl halides is 2. The summed E-state index contributed by atoms with van der Waals surface area (Å²) in [6, 6.07) is 2.62. The highest BCUT2D eigenvalue weighted by molar-refractivity contribution is 6.37. The molecule has 0 aliphatic heterocycles. The van der Waals surface area contributed by atoms with Gasteiger partial charge in [0.2, 0.25) is 5.91 Å². The van der Waals surface area contributed by atoms with E-state index in [9.17, 15) is 13.6 Å². The van der Waals surface area contributed by atoms with Gasteiger partial charge in [0.05, 0.1) is 16.6 Å². The predicted molar refractivity (Wildman–Crippen MR) is 77.3 cm³/mol. The molecule has 21 heavy (non-hydrogen) atoms. The average Bonchev–Trinajstić information content (AvgIpc) is 3.17. The Bertz CT molecular complexity index is 502. The molecule has 1 aromatic carbocycles. The van der Waals surface area contributed by atoms with Gasteiger partial charge in [-0.15, -0.1) is 0 Å². The topological polar surface area (TPSA) is 50.4 Å². The average molecular weight is 339 g/mol. The van der Waals surface area contributed by atoms with Gasteiger partial charge in [0.25, 0.3) is 0 Å². The Labute approximate surface area is 130 Å². The SMILES string of the molecule is O=C(CNCC1CC1)Nc1cc(Cl)c(OC(F)F)c(Cl)c1. The van der Waals surface area contributed by atoms with E-state index in [1.165, 1.54) is 25.0 Å². The van der Waals surface area contributed by atoms with Crippen LogP contribution in [0.3, 0.4) is 0 Å². The molecule has 0 unspecified atom stereocenters. The first kappa shape index (κ1) is 16.3. The summed E-state index contributed by atoms with van der Waals surface area (Å²) in [6.07, 6.45) is 2.40. The summed E-state index contributed by atoms with van der Waals surface area (Å²) >= 11 is 11.6. The van der Waals surface area contributed by atoms with Crippen molar-refractivity contribution in [2.75, 3.05) is 18.4 Å². The summed E-state index contributed by atoms with van der Waals surface area (Å²) in [5, 5.41) is 5.43. The van der Waals surface area contributed by atoms with Crippen molar-refractivity contribution < 1.29 is 18.3 Å². The van der Waals surface area contributed by atoms with Crippen LogP contribution in [0.1, 0.15) is 12.8 Å². The zero-order valence-corrected chi connectivity index (χ0v) is 12.5. The van der Waals surface area contributed by atoms with Crippen LogP contribution in [0.5, 0.6) is 5.75 Å². The summed E-state index contributed by atoms with van der Waals surface area (Å²) in [5.41, 5.74) is 0.324. The fraction of sp³-hybridized carbons (Fsp3) is 0.462. The van der Waals surface area contributed by atoms with Crippen molar-refractivity contribution in [3.8, 4) is 5.75 Å². The number of amides is 1. The number of hydrogen-bond acceptors (Lipinski definition) is 3. The van der Waals surface area contributed by atoms with E-state index in [-0.39, 0.29) is 28.2 Å². The van der Waals surface area contributed by atoms with Crippen LogP contribution in [0.15, 0.2) is 12.1 Å². The van der Waals surface area contributed by atoms with Gasteiger partial charge in [-0.2, -0.15) is 8.78 Å². The second-order valence-electron chi connectivity index (χ2n) is 4.77. The summed E-state index contributed by atoms with van der Waals surface area (Å²) in [5.74, 6) is 0.107. The lowest BCUT2D eigenvalue weighted by molar-refractivity contribution is -0.115. The number of benzene rings is 1. The van der Waals surface area contributed by atoms with E-state index < -0.39 is 6.61 Å². The summed E-state index contributed by atoms with van der Waals surface area (Å²) in [4.78, 5) is 11.7. The van der Waals surface area contributed by atoms with Gasteiger partial charge in [0.1, 0.15) is 0 Å². The molecule has 4 nitrogen and oxygen atoms in total. The van der Waals surface area contributed by atoms with Gasteiger partial charge in [0.15, 0.2) is 5.75 Å². The van der Waals surface area contributed by atoms with E-state index in [1.54, 1.807) is 0 Å². The Morgan fingerprint density at radius 1 is 1.33 bits per heavy atom. The maximum Gasteiger partial charge on any atom is 0.387 e. The molecule has 2 rings (SSSR count). The van der Waals surface area contributed by atoms with Gasteiger partial charge in [-0.3, -0.25) is 4.79 Å². The van der Waals surface area contributed by atoms with Crippen LogP contribution in [0.25, 0.3) is 0 Å². The minimum Gasteiger partial charge on any atom is -0.432 e. The molecule has 1 aromatic rings. The largest absolute Gasteiger partial charge is 0.432 e. The summed E-state index contributed by atoms with van der Waals surface area (Å²) in [6.45, 7) is -2.04. The lowest BCUT2D eigenvalue weighted by atomic mass is 10.3. The first-order valence-corrected chi connectivity index (χ1v) is 7.15. The molecule has 0 spiro atoms. The number of anilines is 1. The number of carbonyl (C=O) groups excluding carboxylic acids is 1. The second kappa shape index (κ2) is 7.24. The van der Waals surface area contributed by atoms with Gasteiger partial charge in [-0.25, -0.2) is 0 Å². The smallest absolute Gasteiger partial charge is 0.387 e. The van der Waals surface area contributed by atoms with Crippen molar-refractivity contribution in [3.63, 3.8) is 0 Å². The molecule has 0 radical (unpaired) electrons. The van der Waals surface area contributed by atoms with Gasteiger partial charge in [0, 0.05) is 5.69 Å². The maximum atomic E-state index is 12.2. The molecule has 1 fully saturated rings. The minimum atomic E-state index is -3.02. The van der Waals surface area contributed by atoms with Crippen LogP contribution in [-0.4, -0.2) is 25.6 Å². The van der Waals surface area contributed by atoms with Crippen molar-refractivity contribution in [1.82, 2.24) is 5.32 Å². The summed E-state index contributed by atoms with van der Waals surface area (Å²) in [7, 11) is 0. The third-order valence-electron chi connectivity index (χ3n) is 2.90. The normalized spacial score (nSPS) is 14.3. The van der Waals surface area contributed by atoms with Crippen LogP contribution in [0, 0.1) is 5.92 Å². The number of nitrogens with one attached hydrogen (secondary N) is 2. The van der Waals surface area contributed by atoms with Crippen LogP contribution in [0.2, 0.25) is 10.0 Å². The fourth-order valence-corrected chi connectivity index (χ4v) is 2.33. The lowest BCUT2D eigenvalue weighted by Gasteiger charge is -2.12. The maximum absolute atomic E-state index is 12.2. The van der Waals surface area contributed by atoms with Crippen molar-refractivity contribution in [2.45, 2.75) is 19.5 Å². The van der Waals surface area contributed by atoms with Crippen LogP contribution in [-0.2, 0) is 4.79 Å². The molecule has 0 aromatic heterocycles. The molecule has 1 aliphatic carbocycles. The standard InChI is InChI=1S/C13H14Cl2F2N2O2/c14-9-3-8(4-10(15)12(9)21-13(16)17)19-11(20)6-18-5-7-1-2-7/h3-4,7,13,18H,1-2,5-6H2,(H,19,20). The molecule has 0 heterocycles. The monoisotopic (exact) mass is 338 g/mol. The quantitative estimate of drug-likeness (QED) is 0.799. The summed E-state index contributed by atoms with van der Waals surface area (Å²) < 4.78 is 28.6. The van der Waals surface area contributed by atoms with Gasteiger partial charge < -0.3 is 15.4 Å². The van der Waals surface area contributed by atoms with Crippen molar-refractivity contribution in [1.29, 1.82) is 0 Å². The number of halogens is 4. The first-order valence-electron chi connectivity index (χ1n) is 6.40. The minimum absolute atomic E-state index is 0.0935. The fourth-order valence-electron chi connectivity index (χ4n) is 1.75. The van der Waals surface area contributed by atoms with Crippen LogP contribution < -0.4 is 15.4 Å². The van der Waals surface area contributed by atoms with Crippen LogP contribution >= 0.6 is 23.2 Å². The van der Waals surface area contributed by atoms with E-state index in [0.717, 1.165) is 6.54 Å². The van der Waals surface area contributed by atoms with Crippen molar-refractivity contribution in [2.24, 2.45) is 5.92 Å². The van der Waals surface area contributed by atoms with E-state index in [0.29, 0.717) is 11.6 Å². The Morgan fingerprint density at radius 2 is 1.95 bits per heavy atom.